The van der Waals surface area contributed by atoms with Crippen molar-refractivity contribution in [3.63, 3.8) is 0 Å². The van der Waals surface area contributed by atoms with Crippen LogP contribution in [-0.4, -0.2) is 17.2 Å². The molecule has 2 aliphatic rings. The fourth-order valence-electron chi connectivity index (χ4n) is 2.93. The van der Waals surface area contributed by atoms with Gasteiger partial charge in [-0.2, -0.15) is 0 Å². The first-order chi connectivity index (χ1) is 10.4. The van der Waals surface area contributed by atoms with Gasteiger partial charge in [0, 0.05) is 16.8 Å². The van der Waals surface area contributed by atoms with Crippen LogP contribution in [0, 0.1) is 0 Å². The van der Waals surface area contributed by atoms with E-state index in [0.29, 0.717) is 32.4 Å². The maximum atomic E-state index is 12.6. The summed E-state index contributed by atoms with van der Waals surface area (Å²) < 4.78 is 5.55. The summed E-state index contributed by atoms with van der Waals surface area (Å²) >= 11 is 11.9. The number of carbonyl (C=O) groups excluding carboxylic acids is 2. The summed E-state index contributed by atoms with van der Waals surface area (Å²) in [5, 5.41) is 0.754. The summed E-state index contributed by atoms with van der Waals surface area (Å²) in [6.07, 6.45) is -0.643. The van der Waals surface area contributed by atoms with Crippen LogP contribution in [0.2, 0.25) is 10.0 Å². The number of ether oxygens (including phenoxy) is 1. The van der Waals surface area contributed by atoms with Crippen LogP contribution in [-0.2, 0) is 4.74 Å². The highest BCUT2D eigenvalue weighted by molar-refractivity contribution is 6.42. The molecule has 1 fully saturated rings. The number of hydrogen-bond donors (Lipinski definition) is 1. The SMILES string of the molecule is Nc1ccc2c(c1)C(=O)C1(OC1c1ccc(Cl)c(Cl)c1)C2=O. The molecule has 4 rings (SSSR count). The van der Waals surface area contributed by atoms with E-state index in [-0.39, 0.29) is 11.6 Å². The second kappa shape index (κ2) is 4.32. The molecule has 0 amide bonds. The van der Waals surface area contributed by atoms with E-state index in [1.165, 1.54) is 6.07 Å². The van der Waals surface area contributed by atoms with Gasteiger partial charge in [0.1, 0.15) is 6.10 Å². The van der Waals surface area contributed by atoms with Gasteiger partial charge < -0.3 is 10.5 Å². The summed E-state index contributed by atoms with van der Waals surface area (Å²) in [5.41, 5.74) is 5.97. The van der Waals surface area contributed by atoms with Gasteiger partial charge in [0.25, 0.3) is 0 Å². The Hall–Kier alpha value is -1.88. The fraction of sp³-hybridized carbons (Fsp3) is 0.125. The molecule has 22 heavy (non-hydrogen) atoms. The van der Waals surface area contributed by atoms with Crippen molar-refractivity contribution in [1.29, 1.82) is 0 Å². The number of epoxide rings is 1. The van der Waals surface area contributed by atoms with E-state index in [1.807, 2.05) is 0 Å². The van der Waals surface area contributed by atoms with Crippen molar-refractivity contribution in [1.82, 2.24) is 0 Å². The summed E-state index contributed by atoms with van der Waals surface area (Å²) in [4.78, 5) is 25.2. The molecule has 1 aliphatic heterocycles. The molecule has 0 bridgehead atoms. The van der Waals surface area contributed by atoms with Crippen molar-refractivity contribution in [2.24, 2.45) is 0 Å². The lowest BCUT2D eigenvalue weighted by Crippen LogP contribution is -2.27. The molecule has 2 aromatic rings. The van der Waals surface area contributed by atoms with Crippen molar-refractivity contribution in [3.8, 4) is 0 Å². The minimum absolute atomic E-state index is 0.313. The zero-order chi connectivity index (χ0) is 15.6. The number of anilines is 1. The maximum absolute atomic E-state index is 12.6. The molecule has 1 aliphatic carbocycles. The third kappa shape index (κ3) is 1.63. The molecule has 1 heterocycles. The number of ketones is 2. The van der Waals surface area contributed by atoms with Crippen molar-refractivity contribution >= 4 is 40.5 Å². The van der Waals surface area contributed by atoms with E-state index in [9.17, 15) is 9.59 Å². The van der Waals surface area contributed by atoms with Crippen LogP contribution in [0.25, 0.3) is 0 Å². The lowest BCUT2D eigenvalue weighted by atomic mass is 9.95. The van der Waals surface area contributed by atoms with E-state index >= 15 is 0 Å². The highest BCUT2D eigenvalue weighted by Gasteiger charge is 2.72. The van der Waals surface area contributed by atoms with E-state index in [2.05, 4.69) is 0 Å². The molecule has 2 N–H and O–H groups in total. The molecule has 2 aromatic carbocycles. The van der Waals surface area contributed by atoms with Gasteiger partial charge in [-0.1, -0.05) is 29.3 Å². The normalized spacial score (nSPS) is 25.6. The van der Waals surface area contributed by atoms with Gasteiger partial charge in [0.2, 0.25) is 17.2 Å². The van der Waals surface area contributed by atoms with Crippen LogP contribution in [0.3, 0.4) is 0 Å². The number of halogens is 2. The molecule has 1 spiro atoms. The minimum Gasteiger partial charge on any atom is -0.399 e. The van der Waals surface area contributed by atoms with E-state index in [4.69, 9.17) is 33.7 Å². The van der Waals surface area contributed by atoms with E-state index in [1.54, 1.807) is 30.3 Å². The number of benzene rings is 2. The first-order valence-corrected chi connectivity index (χ1v) is 7.32. The average molecular weight is 334 g/mol. The third-order valence-corrected chi connectivity index (χ3v) is 4.81. The lowest BCUT2D eigenvalue weighted by molar-refractivity contribution is 0.0785. The number of nitrogens with two attached hydrogens (primary N) is 1. The van der Waals surface area contributed by atoms with Gasteiger partial charge in [-0.15, -0.1) is 0 Å². The number of nitrogen functional groups attached to an aromatic ring is 1. The van der Waals surface area contributed by atoms with E-state index < -0.39 is 11.7 Å². The van der Waals surface area contributed by atoms with Gasteiger partial charge >= 0.3 is 0 Å². The monoisotopic (exact) mass is 333 g/mol. The predicted octanol–water partition coefficient (Wildman–Crippen LogP) is 3.46. The Bertz CT molecular complexity index is 864. The van der Waals surface area contributed by atoms with Gasteiger partial charge in [-0.05, 0) is 35.9 Å². The molecule has 110 valence electrons. The van der Waals surface area contributed by atoms with E-state index in [0.717, 1.165) is 0 Å². The smallest absolute Gasteiger partial charge is 0.224 e. The van der Waals surface area contributed by atoms with Crippen LogP contribution < -0.4 is 5.73 Å². The molecule has 0 saturated carbocycles. The lowest BCUT2D eigenvalue weighted by Gasteiger charge is -2.02. The number of Topliss-reactive ketones (excluding diaryl/α,β-unsaturated/α-hetero) is 2. The van der Waals surface area contributed by atoms with Crippen LogP contribution in [0.5, 0.6) is 0 Å². The molecule has 0 radical (unpaired) electrons. The van der Waals surface area contributed by atoms with Gasteiger partial charge in [0.05, 0.1) is 10.0 Å². The van der Waals surface area contributed by atoms with Gasteiger partial charge in [0.15, 0.2) is 0 Å². The molecule has 2 unspecified atom stereocenters. The molecule has 0 aromatic heterocycles. The summed E-state index contributed by atoms with van der Waals surface area (Å²) in [6.45, 7) is 0. The molecule has 6 heteroatoms. The van der Waals surface area contributed by atoms with Crippen molar-refractivity contribution in [2.45, 2.75) is 11.7 Å². The van der Waals surface area contributed by atoms with Crippen LogP contribution in [0.4, 0.5) is 5.69 Å². The summed E-state index contributed by atoms with van der Waals surface area (Å²) in [5.74, 6) is -0.681. The Morgan fingerprint density at radius 2 is 1.68 bits per heavy atom. The van der Waals surface area contributed by atoms with Crippen molar-refractivity contribution in [2.75, 3.05) is 5.73 Å². The van der Waals surface area contributed by atoms with Crippen LogP contribution in [0.15, 0.2) is 36.4 Å². The number of carbonyl (C=O) groups is 2. The Morgan fingerprint density at radius 1 is 0.955 bits per heavy atom. The van der Waals surface area contributed by atoms with Crippen molar-refractivity contribution < 1.29 is 14.3 Å². The highest BCUT2D eigenvalue weighted by Crippen LogP contribution is 2.57. The first-order valence-electron chi connectivity index (χ1n) is 6.57. The Kier molecular flexibility index (Phi) is 2.70. The summed E-state index contributed by atoms with van der Waals surface area (Å²) in [7, 11) is 0. The predicted molar refractivity (Wildman–Crippen MR) is 82.5 cm³/mol. The van der Waals surface area contributed by atoms with Crippen LogP contribution >= 0.6 is 23.2 Å². The van der Waals surface area contributed by atoms with Crippen molar-refractivity contribution in [3.05, 3.63) is 63.1 Å². The van der Waals surface area contributed by atoms with Gasteiger partial charge in [-0.3, -0.25) is 9.59 Å². The zero-order valence-corrected chi connectivity index (χ0v) is 12.6. The Morgan fingerprint density at radius 3 is 2.41 bits per heavy atom. The summed E-state index contributed by atoms with van der Waals surface area (Å²) in [6, 6.07) is 9.60. The second-order valence-electron chi connectivity index (χ2n) is 5.37. The third-order valence-electron chi connectivity index (χ3n) is 4.07. The average Bonchev–Trinajstić information content (AvgIpc) is 3.21. The van der Waals surface area contributed by atoms with Crippen LogP contribution in [0.1, 0.15) is 32.4 Å². The highest BCUT2D eigenvalue weighted by atomic mass is 35.5. The molecule has 1 saturated heterocycles. The Labute approximate surface area is 135 Å². The molecule has 4 nitrogen and oxygen atoms in total. The topological polar surface area (TPSA) is 72.7 Å². The molecular weight excluding hydrogens is 325 g/mol. The zero-order valence-electron chi connectivity index (χ0n) is 11.1. The van der Waals surface area contributed by atoms with Gasteiger partial charge in [-0.25, -0.2) is 0 Å². The minimum atomic E-state index is -1.46. The Balaban J connectivity index is 1.78. The number of rotatable bonds is 1. The molecule has 2 atom stereocenters. The standard InChI is InChI=1S/C16H9Cl2NO3/c17-11-4-1-7(5-12(11)18)15-16(22-15)13(20)9-3-2-8(19)6-10(9)14(16)21/h1-6,15H,19H2. The second-order valence-corrected chi connectivity index (χ2v) is 6.18. The number of hydrogen-bond acceptors (Lipinski definition) is 4. The maximum Gasteiger partial charge on any atom is 0.224 e. The first kappa shape index (κ1) is 13.8. The molecular formula is C16H9Cl2NO3. The largest absolute Gasteiger partial charge is 0.399 e. The quantitative estimate of drug-likeness (QED) is 0.492. The fourth-order valence-corrected chi connectivity index (χ4v) is 3.23. The number of fused-ring (bicyclic) bond motifs is 1.